The molecule has 0 saturated heterocycles. The topological polar surface area (TPSA) is 63.8 Å². The zero-order chi connectivity index (χ0) is 20.1. The predicted molar refractivity (Wildman–Crippen MR) is 107 cm³/mol. The van der Waals surface area contributed by atoms with Crippen LogP contribution in [0.1, 0.15) is 41.0 Å². The molecule has 0 aliphatic carbocycles. The van der Waals surface area contributed by atoms with Crippen LogP contribution in [0.3, 0.4) is 0 Å². The molecule has 0 atom stereocenters. The summed E-state index contributed by atoms with van der Waals surface area (Å²) in [5.74, 6) is -1.40. The van der Waals surface area contributed by atoms with E-state index in [4.69, 9.17) is 17.3 Å². The highest BCUT2D eigenvalue weighted by atomic mass is 79.9. The Morgan fingerprint density at radius 2 is 1.81 bits per heavy atom. The van der Waals surface area contributed by atoms with Gasteiger partial charge in [-0.05, 0) is 53.7 Å². The molecule has 144 valence electrons. The Hall–Kier alpha value is -1.47. The third-order valence-electron chi connectivity index (χ3n) is 3.11. The van der Waals surface area contributed by atoms with Gasteiger partial charge in [0.1, 0.15) is 10.8 Å². The van der Waals surface area contributed by atoms with Crippen LogP contribution >= 0.6 is 27.5 Å². The van der Waals surface area contributed by atoms with Gasteiger partial charge in [-0.25, -0.2) is 9.37 Å². The molecule has 2 aromatic heterocycles. The third kappa shape index (κ3) is 7.41. The van der Waals surface area contributed by atoms with E-state index < -0.39 is 22.6 Å². The molecule has 0 unspecified atom stereocenters. The second-order valence-corrected chi connectivity index (χ2v) is 8.86. The van der Waals surface area contributed by atoms with E-state index in [2.05, 4.69) is 65.8 Å². The van der Waals surface area contributed by atoms with Crippen molar-refractivity contribution in [3.05, 3.63) is 45.7 Å². The Bertz CT molecular complexity index is 708. The van der Waals surface area contributed by atoms with E-state index in [1.165, 1.54) is 0 Å². The number of anilines is 2. The molecule has 0 spiro atoms. The Morgan fingerprint density at radius 3 is 2.31 bits per heavy atom. The summed E-state index contributed by atoms with van der Waals surface area (Å²) < 4.78 is 25.0. The summed E-state index contributed by atoms with van der Waals surface area (Å²) in [5, 5.41) is 3.06. The second-order valence-electron chi connectivity index (χ2n) is 7.69. The zero-order valence-electron chi connectivity index (χ0n) is 15.5. The highest BCUT2D eigenvalue weighted by Gasteiger charge is 2.25. The first-order valence-corrected chi connectivity index (χ1v) is 9.14. The number of hydrogen-bond donors (Lipinski definition) is 2. The van der Waals surface area contributed by atoms with Crippen LogP contribution in [0.2, 0.25) is 5.02 Å². The SMILES string of the molecule is CC(C)(C)CC(C)(C)Nc1ccccn1.Nc1nc(F)c(Cl)c(Br)c1F. The Balaban J connectivity index is 0.000000273. The van der Waals surface area contributed by atoms with E-state index in [0.717, 1.165) is 12.2 Å². The number of pyridine rings is 2. The van der Waals surface area contributed by atoms with Crippen molar-refractivity contribution in [3.8, 4) is 0 Å². The van der Waals surface area contributed by atoms with Crippen LogP contribution in [0, 0.1) is 17.2 Å². The molecule has 0 aromatic carbocycles. The Kier molecular flexibility index (Phi) is 7.77. The van der Waals surface area contributed by atoms with Crippen LogP contribution in [0.4, 0.5) is 20.4 Å². The molecule has 0 saturated carbocycles. The first-order valence-electron chi connectivity index (χ1n) is 7.97. The van der Waals surface area contributed by atoms with E-state index in [1.54, 1.807) is 0 Å². The number of hydrogen-bond acceptors (Lipinski definition) is 4. The van der Waals surface area contributed by atoms with E-state index >= 15 is 0 Å². The predicted octanol–water partition coefficient (Wildman–Crippen LogP) is 6.07. The quantitative estimate of drug-likeness (QED) is 0.559. The molecule has 0 fully saturated rings. The van der Waals surface area contributed by atoms with E-state index in [-0.39, 0.29) is 10.0 Å². The minimum atomic E-state index is -0.988. The van der Waals surface area contributed by atoms with Crippen molar-refractivity contribution in [1.82, 2.24) is 9.97 Å². The summed E-state index contributed by atoms with van der Waals surface area (Å²) in [4.78, 5) is 7.29. The Labute approximate surface area is 166 Å². The number of halogens is 4. The van der Waals surface area contributed by atoms with E-state index in [9.17, 15) is 8.78 Å². The van der Waals surface area contributed by atoms with Gasteiger partial charge in [0, 0.05) is 11.7 Å². The minimum Gasteiger partial charge on any atom is -0.381 e. The molecular formula is C18H24BrClF2N4. The van der Waals surface area contributed by atoms with Gasteiger partial charge in [0.25, 0.3) is 0 Å². The fourth-order valence-corrected chi connectivity index (χ4v) is 3.15. The summed E-state index contributed by atoms with van der Waals surface area (Å²) in [6.45, 7) is 11.2. The number of rotatable bonds is 3. The lowest BCUT2D eigenvalue weighted by Crippen LogP contribution is -2.35. The maximum Gasteiger partial charge on any atom is 0.234 e. The largest absolute Gasteiger partial charge is 0.381 e. The highest BCUT2D eigenvalue weighted by Crippen LogP contribution is 2.30. The van der Waals surface area contributed by atoms with Gasteiger partial charge in [0.15, 0.2) is 11.6 Å². The van der Waals surface area contributed by atoms with Crippen molar-refractivity contribution >= 4 is 39.2 Å². The lowest BCUT2D eigenvalue weighted by molar-refractivity contribution is 0.302. The smallest absolute Gasteiger partial charge is 0.234 e. The van der Waals surface area contributed by atoms with Gasteiger partial charge in [-0.3, -0.25) is 0 Å². The summed E-state index contributed by atoms with van der Waals surface area (Å²) in [7, 11) is 0. The fraction of sp³-hybridized carbons (Fsp3) is 0.444. The van der Waals surface area contributed by atoms with Gasteiger partial charge in [-0.2, -0.15) is 9.37 Å². The number of aromatic nitrogens is 2. The molecule has 2 rings (SSSR count). The van der Waals surface area contributed by atoms with Gasteiger partial charge in [0.2, 0.25) is 5.95 Å². The summed E-state index contributed by atoms with van der Waals surface area (Å²) in [6.07, 6.45) is 2.92. The van der Waals surface area contributed by atoms with Gasteiger partial charge in [-0.1, -0.05) is 38.4 Å². The average molecular weight is 450 g/mol. The lowest BCUT2D eigenvalue weighted by atomic mass is 9.82. The molecule has 0 radical (unpaired) electrons. The highest BCUT2D eigenvalue weighted by molar-refractivity contribution is 9.10. The molecule has 8 heteroatoms. The summed E-state index contributed by atoms with van der Waals surface area (Å²) >= 11 is 7.99. The fourth-order valence-electron chi connectivity index (χ4n) is 2.66. The zero-order valence-corrected chi connectivity index (χ0v) is 17.8. The normalized spacial score (nSPS) is 11.6. The Morgan fingerprint density at radius 1 is 1.19 bits per heavy atom. The maximum absolute atomic E-state index is 12.7. The standard InChI is InChI=1S/C13H22N2.C5H2BrClF2N2/c1-12(2,3)10-13(4,5)15-11-8-6-7-9-14-11;6-1-2(7)4(9)11-5(10)3(1)8/h6-9H,10H2,1-5H3,(H,14,15);(H2,10,11). The summed E-state index contributed by atoms with van der Waals surface area (Å²) in [5.41, 5.74) is 5.38. The van der Waals surface area contributed by atoms with Gasteiger partial charge >= 0.3 is 0 Å². The van der Waals surface area contributed by atoms with Gasteiger partial charge in [0.05, 0.1) is 4.47 Å². The number of nitrogens with two attached hydrogens (primary N) is 1. The molecule has 0 aliphatic heterocycles. The number of nitrogens with one attached hydrogen (secondary N) is 1. The first-order chi connectivity index (χ1) is 11.8. The van der Waals surface area contributed by atoms with Crippen molar-refractivity contribution in [1.29, 1.82) is 0 Å². The summed E-state index contributed by atoms with van der Waals surface area (Å²) in [6, 6.07) is 5.94. The third-order valence-corrected chi connectivity index (χ3v) is 4.43. The van der Waals surface area contributed by atoms with Crippen LogP contribution in [0.5, 0.6) is 0 Å². The van der Waals surface area contributed by atoms with Gasteiger partial charge in [-0.15, -0.1) is 0 Å². The maximum atomic E-state index is 12.7. The molecule has 2 aromatic rings. The first kappa shape index (κ1) is 22.6. The van der Waals surface area contributed by atoms with Crippen LogP contribution < -0.4 is 11.1 Å². The average Bonchev–Trinajstić information content (AvgIpc) is 2.50. The van der Waals surface area contributed by atoms with Crippen molar-refractivity contribution in [2.24, 2.45) is 5.41 Å². The second kappa shape index (κ2) is 8.95. The van der Waals surface area contributed by atoms with E-state index in [0.29, 0.717) is 5.41 Å². The van der Waals surface area contributed by atoms with E-state index in [1.807, 2.05) is 24.4 Å². The molecule has 2 heterocycles. The number of nitrogen functional groups attached to an aromatic ring is 1. The van der Waals surface area contributed by atoms with Crippen LogP contribution in [0.15, 0.2) is 28.9 Å². The van der Waals surface area contributed by atoms with Crippen molar-refractivity contribution < 1.29 is 8.78 Å². The van der Waals surface area contributed by atoms with Gasteiger partial charge < -0.3 is 11.1 Å². The molecule has 26 heavy (non-hydrogen) atoms. The molecule has 4 nitrogen and oxygen atoms in total. The van der Waals surface area contributed by atoms with Crippen LogP contribution in [-0.2, 0) is 0 Å². The van der Waals surface area contributed by atoms with Crippen LogP contribution in [0.25, 0.3) is 0 Å². The molecule has 0 aliphatic rings. The lowest BCUT2D eigenvalue weighted by Gasteiger charge is -2.33. The van der Waals surface area contributed by atoms with Crippen molar-refractivity contribution in [3.63, 3.8) is 0 Å². The van der Waals surface area contributed by atoms with Crippen molar-refractivity contribution in [2.45, 2.75) is 46.6 Å². The minimum absolute atomic E-state index is 0.0760. The van der Waals surface area contributed by atoms with Crippen molar-refractivity contribution in [2.75, 3.05) is 11.1 Å². The van der Waals surface area contributed by atoms with Crippen LogP contribution in [-0.4, -0.2) is 15.5 Å². The monoisotopic (exact) mass is 448 g/mol. The molecule has 0 amide bonds. The number of nitrogens with zero attached hydrogens (tertiary/aromatic N) is 2. The molecule has 0 bridgehead atoms. The molecular weight excluding hydrogens is 426 g/mol. The molecule has 3 N–H and O–H groups in total.